The Morgan fingerprint density at radius 3 is 2.72 bits per heavy atom. The Morgan fingerprint density at radius 2 is 1.97 bits per heavy atom. The fourth-order valence-corrected chi connectivity index (χ4v) is 2.83. The third-order valence-electron chi connectivity index (χ3n) is 4.29. The van der Waals surface area contributed by atoms with E-state index in [1.165, 1.54) is 6.33 Å². The van der Waals surface area contributed by atoms with Crippen molar-refractivity contribution in [1.29, 1.82) is 0 Å². The van der Waals surface area contributed by atoms with E-state index in [0.717, 1.165) is 11.1 Å². The molecule has 0 aliphatic carbocycles. The zero-order valence-corrected chi connectivity index (χ0v) is 15.7. The van der Waals surface area contributed by atoms with Crippen LogP contribution in [0.5, 0.6) is 5.75 Å². The summed E-state index contributed by atoms with van der Waals surface area (Å²) in [6.45, 7) is 0.570. The standard InChI is InChI=1S/C21H18N4O4/c1-27-20-5-3-2-4-18(20)19-10-17(29-24-19)12-28-21(26)16-8-6-15(7-9-16)11-25-14-22-13-23-25/h2-10,13-14H,11-12H2,1H3. The minimum Gasteiger partial charge on any atom is -0.496 e. The molecule has 2 heterocycles. The van der Waals surface area contributed by atoms with Crippen LogP contribution < -0.4 is 4.74 Å². The van der Waals surface area contributed by atoms with Gasteiger partial charge in [0.15, 0.2) is 12.4 Å². The van der Waals surface area contributed by atoms with E-state index in [1.54, 1.807) is 36.3 Å². The molecule has 0 bridgehead atoms. The summed E-state index contributed by atoms with van der Waals surface area (Å²) in [7, 11) is 1.60. The maximum absolute atomic E-state index is 12.3. The Bertz CT molecular complexity index is 1090. The summed E-state index contributed by atoms with van der Waals surface area (Å²) in [5.41, 5.74) is 2.88. The fraction of sp³-hybridized carbons (Fsp3) is 0.143. The minimum absolute atomic E-state index is 0.0122. The Kier molecular flexibility index (Phi) is 5.33. The van der Waals surface area contributed by atoms with Gasteiger partial charge in [-0.25, -0.2) is 14.5 Å². The number of nitrogens with zero attached hydrogens (tertiary/aromatic N) is 4. The van der Waals surface area contributed by atoms with Gasteiger partial charge in [-0.05, 0) is 29.8 Å². The molecule has 8 nitrogen and oxygen atoms in total. The molecule has 0 amide bonds. The van der Waals surface area contributed by atoms with Crippen LogP contribution in [0.3, 0.4) is 0 Å². The van der Waals surface area contributed by atoms with Gasteiger partial charge in [-0.15, -0.1) is 0 Å². The number of esters is 1. The predicted octanol–water partition coefficient (Wildman–Crippen LogP) is 3.35. The number of ether oxygens (including phenoxy) is 2. The van der Waals surface area contributed by atoms with E-state index in [2.05, 4.69) is 15.2 Å². The van der Waals surface area contributed by atoms with Crippen molar-refractivity contribution in [2.45, 2.75) is 13.2 Å². The fourth-order valence-electron chi connectivity index (χ4n) is 2.83. The molecular formula is C21H18N4O4. The van der Waals surface area contributed by atoms with E-state index < -0.39 is 5.97 Å². The largest absolute Gasteiger partial charge is 0.496 e. The highest BCUT2D eigenvalue weighted by atomic mass is 16.5. The average Bonchev–Trinajstić information content (AvgIpc) is 3.44. The lowest BCUT2D eigenvalue weighted by Gasteiger charge is -2.05. The molecule has 0 unspecified atom stereocenters. The summed E-state index contributed by atoms with van der Waals surface area (Å²) < 4.78 is 17.7. The van der Waals surface area contributed by atoms with Gasteiger partial charge in [0.2, 0.25) is 0 Å². The lowest BCUT2D eigenvalue weighted by atomic mass is 10.1. The Labute approximate surface area is 166 Å². The first-order chi connectivity index (χ1) is 14.2. The smallest absolute Gasteiger partial charge is 0.338 e. The predicted molar refractivity (Wildman–Crippen MR) is 103 cm³/mol. The van der Waals surface area contributed by atoms with Crippen molar-refractivity contribution in [2.24, 2.45) is 0 Å². The molecule has 146 valence electrons. The molecule has 0 saturated carbocycles. The van der Waals surface area contributed by atoms with Gasteiger partial charge in [0.1, 0.15) is 24.1 Å². The van der Waals surface area contributed by atoms with Crippen LogP contribution in [-0.2, 0) is 17.9 Å². The molecular weight excluding hydrogens is 372 g/mol. The molecule has 2 aromatic carbocycles. The highest BCUT2D eigenvalue weighted by Crippen LogP contribution is 2.29. The van der Waals surface area contributed by atoms with Crippen molar-refractivity contribution < 1.29 is 18.8 Å². The topological polar surface area (TPSA) is 92.3 Å². The zero-order chi connectivity index (χ0) is 20.1. The summed E-state index contributed by atoms with van der Waals surface area (Å²) in [4.78, 5) is 16.2. The molecule has 0 radical (unpaired) electrons. The first-order valence-corrected chi connectivity index (χ1v) is 8.90. The van der Waals surface area contributed by atoms with Crippen LogP contribution in [-0.4, -0.2) is 33.0 Å². The van der Waals surface area contributed by atoms with E-state index in [-0.39, 0.29) is 6.61 Å². The monoisotopic (exact) mass is 390 g/mol. The van der Waals surface area contributed by atoms with Crippen molar-refractivity contribution in [3.05, 3.63) is 84.1 Å². The van der Waals surface area contributed by atoms with Gasteiger partial charge in [0.25, 0.3) is 0 Å². The maximum atomic E-state index is 12.3. The molecule has 0 spiro atoms. The summed E-state index contributed by atoms with van der Waals surface area (Å²) in [6.07, 6.45) is 3.12. The summed E-state index contributed by atoms with van der Waals surface area (Å²) in [6, 6.07) is 16.4. The molecule has 0 aliphatic heterocycles. The summed E-state index contributed by atoms with van der Waals surface area (Å²) >= 11 is 0. The van der Waals surface area contributed by atoms with Crippen LogP contribution in [0.2, 0.25) is 0 Å². The second-order valence-electron chi connectivity index (χ2n) is 6.24. The molecule has 4 rings (SSSR count). The van der Waals surface area contributed by atoms with Crippen LogP contribution >= 0.6 is 0 Å². The normalized spacial score (nSPS) is 10.7. The van der Waals surface area contributed by atoms with Gasteiger partial charge < -0.3 is 14.0 Å². The number of aromatic nitrogens is 4. The van der Waals surface area contributed by atoms with Crippen LogP contribution in [0.25, 0.3) is 11.3 Å². The number of benzene rings is 2. The number of hydrogen-bond acceptors (Lipinski definition) is 7. The molecule has 4 aromatic rings. The van der Waals surface area contributed by atoms with E-state index >= 15 is 0 Å². The number of carbonyl (C=O) groups is 1. The van der Waals surface area contributed by atoms with Gasteiger partial charge in [-0.3, -0.25) is 0 Å². The zero-order valence-electron chi connectivity index (χ0n) is 15.7. The van der Waals surface area contributed by atoms with Crippen LogP contribution in [0, 0.1) is 0 Å². The molecule has 0 N–H and O–H groups in total. The van der Waals surface area contributed by atoms with E-state index in [0.29, 0.717) is 29.3 Å². The van der Waals surface area contributed by atoms with Gasteiger partial charge in [-0.1, -0.05) is 29.4 Å². The van der Waals surface area contributed by atoms with Crippen molar-refractivity contribution in [1.82, 2.24) is 19.9 Å². The van der Waals surface area contributed by atoms with Crippen molar-refractivity contribution in [3.8, 4) is 17.0 Å². The number of rotatable bonds is 7. The van der Waals surface area contributed by atoms with Crippen LogP contribution in [0.1, 0.15) is 21.7 Å². The number of para-hydroxylation sites is 1. The van der Waals surface area contributed by atoms with Crippen molar-refractivity contribution in [2.75, 3.05) is 7.11 Å². The second-order valence-corrected chi connectivity index (χ2v) is 6.24. The lowest BCUT2D eigenvalue weighted by molar-refractivity contribution is 0.0437. The van der Waals surface area contributed by atoms with Gasteiger partial charge in [0.05, 0.1) is 19.2 Å². The van der Waals surface area contributed by atoms with Crippen molar-refractivity contribution in [3.63, 3.8) is 0 Å². The molecule has 0 aliphatic rings. The molecule has 2 aromatic heterocycles. The molecule has 0 atom stereocenters. The van der Waals surface area contributed by atoms with Crippen LogP contribution in [0.4, 0.5) is 0 Å². The maximum Gasteiger partial charge on any atom is 0.338 e. The number of methoxy groups -OCH3 is 1. The third-order valence-corrected chi connectivity index (χ3v) is 4.29. The van der Waals surface area contributed by atoms with Gasteiger partial charge >= 0.3 is 5.97 Å². The summed E-state index contributed by atoms with van der Waals surface area (Å²) in [5, 5.41) is 8.09. The average molecular weight is 390 g/mol. The number of carbonyl (C=O) groups excluding carboxylic acids is 1. The van der Waals surface area contributed by atoms with E-state index in [1.807, 2.05) is 36.4 Å². The van der Waals surface area contributed by atoms with Gasteiger partial charge in [0, 0.05) is 11.6 Å². The van der Waals surface area contributed by atoms with E-state index in [9.17, 15) is 4.79 Å². The molecule has 0 fully saturated rings. The number of hydrogen-bond donors (Lipinski definition) is 0. The second kappa shape index (κ2) is 8.39. The molecule has 0 saturated heterocycles. The first kappa shape index (κ1) is 18.4. The van der Waals surface area contributed by atoms with Gasteiger partial charge in [-0.2, -0.15) is 5.10 Å². The highest BCUT2D eigenvalue weighted by molar-refractivity contribution is 5.89. The molecule has 29 heavy (non-hydrogen) atoms. The Hall–Kier alpha value is -3.94. The van der Waals surface area contributed by atoms with E-state index in [4.69, 9.17) is 14.0 Å². The van der Waals surface area contributed by atoms with Crippen LogP contribution in [0.15, 0.2) is 71.8 Å². The Balaban J connectivity index is 1.37. The minimum atomic E-state index is -0.437. The first-order valence-electron chi connectivity index (χ1n) is 8.90. The SMILES string of the molecule is COc1ccccc1-c1cc(COC(=O)c2ccc(Cn3cncn3)cc2)on1. The summed E-state index contributed by atoms with van der Waals surface area (Å²) in [5.74, 6) is 0.699. The third kappa shape index (κ3) is 4.32. The quantitative estimate of drug-likeness (QED) is 0.447. The van der Waals surface area contributed by atoms with Crippen molar-refractivity contribution >= 4 is 5.97 Å². The Morgan fingerprint density at radius 1 is 1.14 bits per heavy atom. The highest BCUT2D eigenvalue weighted by Gasteiger charge is 2.13. The molecule has 8 heteroatoms. The lowest BCUT2D eigenvalue weighted by Crippen LogP contribution is -2.06.